The van der Waals surface area contributed by atoms with Gasteiger partial charge in [-0.15, -0.1) is 0 Å². The highest BCUT2D eigenvalue weighted by Gasteiger charge is 2.09. The van der Waals surface area contributed by atoms with Crippen LogP contribution in [0.2, 0.25) is 0 Å². The summed E-state index contributed by atoms with van der Waals surface area (Å²) in [4.78, 5) is 2.38. The van der Waals surface area contributed by atoms with Gasteiger partial charge in [0.2, 0.25) is 0 Å². The van der Waals surface area contributed by atoms with Gasteiger partial charge in [-0.25, -0.2) is 5.84 Å². The number of nitrogens with one attached hydrogen (secondary N) is 2. The van der Waals surface area contributed by atoms with E-state index in [4.69, 9.17) is 10.6 Å². The molecule has 0 unspecified atom stereocenters. The van der Waals surface area contributed by atoms with E-state index in [-0.39, 0.29) is 0 Å². The van der Waals surface area contributed by atoms with Crippen molar-refractivity contribution in [2.45, 2.75) is 27.7 Å². The smallest absolute Gasteiger partial charge is 0.112 e. The van der Waals surface area contributed by atoms with Crippen LogP contribution in [0.5, 0.6) is 0 Å². The highest BCUT2D eigenvalue weighted by atomic mass is 16.5. The Morgan fingerprint density at radius 2 is 1.82 bits per heavy atom. The summed E-state index contributed by atoms with van der Waals surface area (Å²) in [6.45, 7) is 13.7. The van der Waals surface area contributed by atoms with Crippen LogP contribution in [0, 0.1) is 0 Å². The molecule has 1 fully saturated rings. The highest BCUT2D eigenvalue weighted by molar-refractivity contribution is 5.04. The van der Waals surface area contributed by atoms with Crippen LogP contribution in [0.15, 0.2) is 11.4 Å². The molecule has 1 heterocycles. The van der Waals surface area contributed by atoms with Gasteiger partial charge >= 0.3 is 0 Å². The molecule has 17 heavy (non-hydrogen) atoms. The summed E-state index contributed by atoms with van der Waals surface area (Å²) in [5.41, 5.74) is 3.83. The molecule has 0 bridgehead atoms. The second-order valence-corrected chi connectivity index (χ2v) is 3.90. The molecule has 0 amide bonds. The Bertz CT molecular complexity index is 209. The van der Waals surface area contributed by atoms with E-state index in [2.05, 4.69) is 15.6 Å². The van der Waals surface area contributed by atoms with Crippen LogP contribution in [0.1, 0.15) is 27.7 Å². The number of morpholine rings is 1. The average molecular weight is 244 g/mol. The van der Waals surface area contributed by atoms with Crippen molar-refractivity contribution >= 4 is 0 Å². The second-order valence-electron chi connectivity index (χ2n) is 3.90. The molecule has 1 aliphatic rings. The molecule has 0 saturated carbocycles. The van der Waals surface area contributed by atoms with Crippen molar-refractivity contribution in [1.82, 2.24) is 15.6 Å². The third kappa shape index (κ3) is 7.20. The molecule has 0 aromatic rings. The first kappa shape index (κ1) is 16.2. The lowest BCUT2D eigenvalue weighted by molar-refractivity contribution is 0.0386. The van der Waals surface area contributed by atoms with Gasteiger partial charge in [0, 0.05) is 26.2 Å². The maximum Gasteiger partial charge on any atom is 0.112 e. The fourth-order valence-corrected chi connectivity index (χ4v) is 1.54. The summed E-state index contributed by atoms with van der Waals surface area (Å²) in [5.74, 6) is 6.31. The third-order valence-electron chi connectivity index (χ3n) is 2.48. The van der Waals surface area contributed by atoms with E-state index in [1.165, 1.54) is 5.57 Å². The average Bonchev–Trinajstić information content (AvgIpc) is 2.38. The minimum Gasteiger partial charge on any atom is -0.379 e. The SMILES string of the molecule is CC.CC(C)=C(NN)NCCN1CCOCC1. The van der Waals surface area contributed by atoms with E-state index in [9.17, 15) is 0 Å². The summed E-state index contributed by atoms with van der Waals surface area (Å²) in [5, 5.41) is 3.28. The number of allylic oxidation sites excluding steroid dienone is 1. The van der Waals surface area contributed by atoms with Gasteiger partial charge in [-0.3, -0.25) is 4.90 Å². The largest absolute Gasteiger partial charge is 0.379 e. The van der Waals surface area contributed by atoms with Crippen LogP contribution in [0.25, 0.3) is 0 Å². The van der Waals surface area contributed by atoms with Crippen molar-refractivity contribution in [2.24, 2.45) is 5.84 Å². The standard InChI is InChI=1S/C10H22N4O.C2H6/c1-9(2)10(13-11)12-3-4-14-5-7-15-8-6-14;1-2/h12-13H,3-8,11H2,1-2H3;1-2H3. The molecule has 1 aliphatic heterocycles. The van der Waals surface area contributed by atoms with Gasteiger partial charge in [0.15, 0.2) is 0 Å². The maximum atomic E-state index is 5.39. The molecule has 0 atom stereocenters. The minimum absolute atomic E-state index is 0.852. The lowest BCUT2D eigenvalue weighted by Crippen LogP contribution is -2.42. The molecular weight excluding hydrogens is 216 g/mol. The Labute approximate surface area is 105 Å². The molecule has 4 N–H and O–H groups in total. The normalized spacial score (nSPS) is 15.6. The molecule has 0 aromatic heterocycles. The van der Waals surface area contributed by atoms with E-state index < -0.39 is 0 Å². The van der Waals surface area contributed by atoms with Crippen molar-refractivity contribution in [3.8, 4) is 0 Å². The van der Waals surface area contributed by atoms with Gasteiger partial charge in [0.1, 0.15) is 5.82 Å². The zero-order valence-corrected chi connectivity index (χ0v) is 11.7. The van der Waals surface area contributed by atoms with Crippen LogP contribution in [-0.4, -0.2) is 44.3 Å². The molecule has 1 rings (SSSR count). The summed E-state index contributed by atoms with van der Waals surface area (Å²) in [6.07, 6.45) is 0. The Morgan fingerprint density at radius 1 is 1.24 bits per heavy atom. The van der Waals surface area contributed by atoms with E-state index >= 15 is 0 Å². The number of nitrogens with two attached hydrogens (primary N) is 1. The summed E-state index contributed by atoms with van der Waals surface area (Å²) < 4.78 is 5.28. The van der Waals surface area contributed by atoms with Gasteiger partial charge in [-0.1, -0.05) is 13.8 Å². The second kappa shape index (κ2) is 10.4. The zero-order chi connectivity index (χ0) is 13.1. The molecule has 0 radical (unpaired) electrons. The Hall–Kier alpha value is -0.780. The first-order valence-corrected chi connectivity index (χ1v) is 6.42. The van der Waals surface area contributed by atoms with E-state index in [1.54, 1.807) is 0 Å². The Morgan fingerprint density at radius 3 is 2.29 bits per heavy atom. The van der Waals surface area contributed by atoms with Gasteiger partial charge in [-0.05, 0) is 19.4 Å². The van der Waals surface area contributed by atoms with Crippen molar-refractivity contribution in [1.29, 1.82) is 0 Å². The molecule has 5 heteroatoms. The molecule has 1 saturated heterocycles. The molecule has 102 valence electrons. The summed E-state index contributed by atoms with van der Waals surface area (Å²) in [6, 6.07) is 0. The van der Waals surface area contributed by atoms with Crippen molar-refractivity contribution in [2.75, 3.05) is 39.4 Å². The monoisotopic (exact) mass is 244 g/mol. The predicted octanol–water partition coefficient (Wildman–Crippen LogP) is 0.649. The first-order valence-electron chi connectivity index (χ1n) is 6.42. The quantitative estimate of drug-likeness (QED) is 0.489. The fraction of sp³-hybridized carbons (Fsp3) is 0.833. The lowest BCUT2D eigenvalue weighted by Gasteiger charge is -2.27. The number of hydrazine groups is 1. The van der Waals surface area contributed by atoms with Gasteiger partial charge in [0.25, 0.3) is 0 Å². The number of ether oxygens (including phenoxy) is 1. The van der Waals surface area contributed by atoms with Gasteiger partial charge in [-0.2, -0.15) is 0 Å². The van der Waals surface area contributed by atoms with Crippen molar-refractivity contribution < 1.29 is 4.74 Å². The van der Waals surface area contributed by atoms with Crippen molar-refractivity contribution in [3.05, 3.63) is 11.4 Å². The molecule has 0 aliphatic carbocycles. The maximum absolute atomic E-state index is 5.39. The molecular formula is C12H28N4O. The zero-order valence-electron chi connectivity index (χ0n) is 11.7. The number of rotatable bonds is 5. The van der Waals surface area contributed by atoms with E-state index in [0.29, 0.717) is 0 Å². The Kier molecular flexibility index (Phi) is 9.90. The van der Waals surface area contributed by atoms with Gasteiger partial charge in [0.05, 0.1) is 13.2 Å². The minimum atomic E-state index is 0.852. The predicted molar refractivity (Wildman–Crippen MR) is 72.3 cm³/mol. The number of hydrogen-bond acceptors (Lipinski definition) is 5. The van der Waals surface area contributed by atoms with Crippen LogP contribution >= 0.6 is 0 Å². The third-order valence-corrected chi connectivity index (χ3v) is 2.48. The molecule has 0 aromatic carbocycles. The van der Waals surface area contributed by atoms with E-state index in [1.807, 2.05) is 27.7 Å². The number of nitrogens with zero attached hydrogens (tertiary/aromatic N) is 1. The van der Waals surface area contributed by atoms with E-state index in [0.717, 1.165) is 45.2 Å². The molecule has 0 spiro atoms. The molecule has 5 nitrogen and oxygen atoms in total. The van der Waals surface area contributed by atoms with Crippen LogP contribution in [0.3, 0.4) is 0 Å². The summed E-state index contributed by atoms with van der Waals surface area (Å²) in [7, 11) is 0. The topological polar surface area (TPSA) is 62.5 Å². The van der Waals surface area contributed by atoms with Gasteiger partial charge < -0.3 is 15.5 Å². The van der Waals surface area contributed by atoms with Crippen LogP contribution in [0.4, 0.5) is 0 Å². The Balaban J connectivity index is 0.00000121. The lowest BCUT2D eigenvalue weighted by atomic mass is 10.3. The summed E-state index contributed by atoms with van der Waals surface area (Å²) >= 11 is 0. The van der Waals surface area contributed by atoms with Crippen molar-refractivity contribution in [3.63, 3.8) is 0 Å². The number of hydrogen-bond donors (Lipinski definition) is 3. The van der Waals surface area contributed by atoms with Crippen LogP contribution in [-0.2, 0) is 4.74 Å². The first-order chi connectivity index (χ1) is 8.24. The van der Waals surface area contributed by atoms with Crippen LogP contribution < -0.4 is 16.6 Å². The highest BCUT2D eigenvalue weighted by Crippen LogP contribution is 1.96. The fourth-order valence-electron chi connectivity index (χ4n) is 1.54.